The molecule has 1 saturated heterocycles. The second-order valence-corrected chi connectivity index (χ2v) is 8.06. The number of carbonyl (C=O) groups excluding carboxylic acids is 3. The molecule has 2 N–H and O–H groups in total. The van der Waals surface area contributed by atoms with E-state index in [9.17, 15) is 14.4 Å². The number of aromatic nitrogens is 1. The number of hydrogen-bond donors (Lipinski definition) is 2. The molecule has 0 spiro atoms. The molecule has 3 amide bonds. The van der Waals surface area contributed by atoms with E-state index in [-0.39, 0.29) is 24.5 Å². The van der Waals surface area contributed by atoms with Gasteiger partial charge in [0.1, 0.15) is 5.82 Å². The second-order valence-electron chi connectivity index (χ2n) is 8.06. The molecule has 170 valence electrons. The highest BCUT2D eigenvalue weighted by molar-refractivity contribution is 5.89. The van der Waals surface area contributed by atoms with Crippen molar-refractivity contribution in [2.75, 3.05) is 50.8 Å². The average molecular weight is 432 g/mol. The minimum Gasteiger partial charge on any atom is -0.462 e. The van der Waals surface area contributed by atoms with Crippen LogP contribution in [0, 0.1) is 5.92 Å². The Labute approximate surface area is 183 Å². The van der Waals surface area contributed by atoms with Gasteiger partial charge in [-0.1, -0.05) is 12.8 Å². The van der Waals surface area contributed by atoms with Crippen LogP contribution in [0.3, 0.4) is 0 Å². The van der Waals surface area contributed by atoms with Crippen LogP contribution in [-0.2, 0) is 9.53 Å². The predicted octanol–water partition coefficient (Wildman–Crippen LogP) is 1.79. The van der Waals surface area contributed by atoms with Crippen molar-refractivity contribution in [3.8, 4) is 0 Å². The first-order valence-corrected chi connectivity index (χ1v) is 11.2. The van der Waals surface area contributed by atoms with Crippen LogP contribution in [0.2, 0.25) is 0 Å². The summed E-state index contributed by atoms with van der Waals surface area (Å²) < 4.78 is 4.98. The Bertz CT molecular complexity index is 749. The first kappa shape index (κ1) is 22.8. The smallest absolute Gasteiger partial charge is 0.339 e. The Morgan fingerprint density at radius 2 is 1.87 bits per heavy atom. The molecule has 2 fully saturated rings. The number of urea groups is 1. The molecule has 0 radical (unpaired) electrons. The molecule has 1 aromatic rings. The summed E-state index contributed by atoms with van der Waals surface area (Å²) in [6.45, 7) is 5.39. The van der Waals surface area contributed by atoms with Gasteiger partial charge < -0.3 is 25.2 Å². The van der Waals surface area contributed by atoms with Crippen molar-refractivity contribution < 1.29 is 19.1 Å². The van der Waals surface area contributed by atoms with Crippen LogP contribution < -0.4 is 15.5 Å². The number of carbonyl (C=O) groups is 3. The fraction of sp³-hybridized carbons (Fsp3) is 0.636. The van der Waals surface area contributed by atoms with Crippen molar-refractivity contribution in [3.63, 3.8) is 0 Å². The second kappa shape index (κ2) is 11.5. The van der Waals surface area contributed by atoms with Crippen LogP contribution in [0.4, 0.5) is 10.6 Å². The summed E-state index contributed by atoms with van der Waals surface area (Å²) in [7, 11) is 0. The summed E-state index contributed by atoms with van der Waals surface area (Å²) in [4.78, 5) is 44.5. The quantitative estimate of drug-likeness (QED) is 0.638. The van der Waals surface area contributed by atoms with Crippen molar-refractivity contribution in [1.82, 2.24) is 20.5 Å². The number of amides is 3. The summed E-state index contributed by atoms with van der Waals surface area (Å²) in [5, 5.41) is 5.56. The lowest BCUT2D eigenvalue weighted by Gasteiger charge is -2.23. The third-order valence-electron chi connectivity index (χ3n) is 5.86. The lowest BCUT2D eigenvalue weighted by molar-refractivity contribution is -0.129. The Balaban J connectivity index is 1.42. The number of nitrogens with zero attached hydrogens (tertiary/aromatic N) is 3. The number of pyridine rings is 1. The first-order valence-electron chi connectivity index (χ1n) is 11.2. The summed E-state index contributed by atoms with van der Waals surface area (Å²) in [6.07, 6.45) is 7.15. The van der Waals surface area contributed by atoms with Gasteiger partial charge in [-0.15, -0.1) is 0 Å². The molecule has 0 unspecified atom stereocenters. The number of hydrogen-bond acceptors (Lipinski definition) is 6. The highest BCUT2D eigenvalue weighted by atomic mass is 16.5. The lowest BCUT2D eigenvalue weighted by atomic mass is 10.1. The zero-order valence-corrected chi connectivity index (χ0v) is 18.3. The van der Waals surface area contributed by atoms with E-state index in [0.717, 1.165) is 18.8 Å². The van der Waals surface area contributed by atoms with Crippen LogP contribution in [0.1, 0.15) is 49.4 Å². The van der Waals surface area contributed by atoms with Crippen LogP contribution in [0.25, 0.3) is 0 Å². The summed E-state index contributed by atoms with van der Waals surface area (Å²) >= 11 is 0. The van der Waals surface area contributed by atoms with Gasteiger partial charge in [0.05, 0.1) is 18.7 Å². The standard InChI is InChI=1S/C22H33N5O4/c1-2-31-21(29)18-8-9-19(23-15-18)26-10-5-11-27(13-12-26)20(28)16-25-22(30)24-14-17-6-3-4-7-17/h8-9,15,17H,2-7,10-14,16H2,1H3,(H2,24,25,30). The monoisotopic (exact) mass is 431 g/mol. The molecule has 0 atom stereocenters. The zero-order valence-electron chi connectivity index (χ0n) is 18.3. The van der Waals surface area contributed by atoms with Gasteiger partial charge in [0.15, 0.2) is 0 Å². The maximum atomic E-state index is 12.5. The van der Waals surface area contributed by atoms with E-state index in [4.69, 9.17) is 4.74 Å². The van der Waals surface area contributed by atoms with Gasteiger partial charge in [0, 0.05) is 38.9 Å². The van der Waals surface area contributed by atoms with Crippen LogP contribution in [0.5, 0.6) is 0 Å². The molecule has 2 aliphatic rings. The normalized spacial score (nSPS) is 17.2. The third kappa shape index (κ3) is 6.83. The van der Waals surface area contributed by atoms with Gasteiger partial charge >= 0.3 is 12.0 Å². The number of anilines is 1. The number of ether oxygens (including phenoxy) is 1. The molecular formula is C22H33N5O4. The molecule has 9 nitrogen and oxygen atoms in total. The van der Waals surface area contributed by atoms with E-state index in [1.165, 1.54) is 31.9 Å². The Morgan fingerprint density at radius 1 is 1.06 bits per heavy atom. The highest BCUT2D eigenvalue weighted by Crippen LogP contribution is 2.23. The minimum absolute atomic E-state index is 0.00296. The van der Waals surface area contributed by atoms with Gasteiger partial charge in [0.25, 0.3) is 0 Å². The fourth-order valence-corrected chi connectivity index (χ4v) is 4.09. The van der Waals surface area contributed by atoms with Crippen LogP contribution in [-0.4, -0.2) is 73.7 Å². The Kier molecular flexibility index (Phi) is 8.49. The Hall–Kier alpha value is -2.84. The molecule has 0 aromatic carbocycles. The van der Waals surface area contributed by atoms with E-state index in [0.29, 0.717) is 44.3 Å². The molecular weight excluding hydrogens is 398 g/mol. The summed E-state index contributed by atoms with van der Waals surface area (Å²) in [6, 6.07) is 3.24. The fourth-order valence-electron chi connectivity index (χ4n) is 4.09. The van der Waals surface area contributed by atoms with Gasteiger partial charge in [-0.3, -0.25) is 4.79 Å². The molecule has 1 aliphatic heterocycles. The van der Waals surface area contributed by atoms with E-state index < -0.39 is 0 Å². The van der Waals surface area contributed by atoms with Crippen LogP contribution >= 0.6 is 0 Å². The van der Waals surface area contributed by atoms with Crippen molar-refractivity contribution >= 4 is 23.7 Å². The highest BCUT2D eigenvalue weighted by Gasteiger charge is 2.21. The van der Waals surface area contributed by atoms with E-state index >= 15 is 0 Å². The molecule has 1 saturated carbocycles. The molecule has 3 rings (SSSR count). The number of rotatable bonds is 7. The van der Waals surface area contributed by atoms with Crippen molar-refractivity contribution in [2.45, 2.75) is 39.0 Å². The number of nitrogens with one attached hydrogen (secondary N) is 2. The molecule has 1 aromatic heterocycles. The molecule has 2 heterocycles. The topological polar surface area (TPSA) is 104 Å². The zero-order chi connectivity index (χ0) is 22.1. The van der Waals surface area contributed by atoms with E-state index in [2.05, 4.69) is 20.5 Å². The van der Waals surface area contributed by atoms with Crippen molar-refractivity contribution in [1.29, 1.82) is 0 Å². The van der Waals surface area contributed by atoms with E-state index in [1.807, 2.05) is 0 Å². The maximum Gasteiger partial charge on any atom is 0.339 e. The average Bonchev–Trinajstić information content (AvgIpc) is 3.19. The van der Waals surface area contributed by atoms with Crippen LogP contribution in [0.15, 0.2) is 18.3 Å². The largest absolute Gasteiger partial charge is 0.462 e. The SMILES string of the molecule is CCOC(=O)c1ccc(N2CCCN(C(=O)CNC(=O)NCC3CCCC3)CC2)nc1. The van der Waals surface area contributed by atoms with Gasteiger partial charge in [-0.05, 0) is 44.2 Å². The third-order valence-corrected chi connectivity index (χ3v) is 5.86. The number of esters is 1. The van der Waals surface area contributed by atoms with Gasteiger partial charge in [-0.2, -0.15) is 0 Å². The predicted molar refractivity (Wildman–Crippen MR) is 117 cm³/mol. The lowest BCUT2D eigenvalue weighted by Crippen LogP contribution is -2.45. The molecule has 9 heteroatoms. The molecule has 0 bridgehead atoms. The molecule has 1 aliphatic carbocycles. The van der Waals surface area contributed by atoms with Crippen molar-refractivity contribution in [2.24, 2.45) is 5.92 Å². The minimum atomic E-state index is -0.381. The Morgan fingerprint density at radius 3 is 2.58 bits per heavy atom. The summed E-state index contributed by atoms with van der Waals surface area (Å²) in [5.74, 6) is 0.877. The van der Waals surface area contributed by atoms with E-state index in [1.54, 1.807) is 24.0 Å². The maximum absolute atomic E-state index is 12.5. The van der Waals surface area contributed by atoms with Crippen molar-refractivity contribution in [3.05, 3.63) is 23.9 Å². The molecule has 31 heavy (non-hydrogen) atoms. The first-order chi connectivity index (χ1) is 15.1. The summed E-state index contributed by atoms with van der Waals surface area (Å²) in [5.41, 5.74) is 0.425. The van der Waals surface area contributed by atoms with Gasteiger partial charge in [-0.25, -0.2) is 14.6 Å². The van der Waals surface area contributed by atoms with Gasteiger partial charge in [0.2, 0.25) is 5.91 Å².